The number of halogens is 4. The van der Waals surface area contributed by atoms with Crippen LogP contribution in [0.3, 0.4) is 0 Å². The maximum absolute atomic E-state index is 12.5. The van der Waals surface area contributed by atoms with E-state index in [4.69, 9.17) is 21.4 Å². The van der Waals surface area contributed by atoms with Crippen molar-refractivity contribution in [2.75, 3.05) is 18.1 Å². The third kappa shape index (κ3) is 8.24. The van der Waals surface area contributed by atoms with Gasteiger partial charge in [-0.25, -0.2) is 14.8 Å². The summed E-state index contributed by atoms with van der Waals surface area (Å²) in [5.74, 6) is -0.678. The third-order valence-electron chi connectivity index (χ3n) is 5.56. The summed E-state index contributed by atoms with van der Waals surface area (Å²) in [6.45, 7) is 6.26. The van der Waals surface area contributed by atoms with Crippen molar-refractivity contribution < 1.29 is 32.5 Å². The lowest BCUT2D eigenvalue weighted by molar-refractivity contribution is -0.274. The van der Waals surface area contributed by atoms with Gasteiger partial charge in [0.15, 0.2) is 6.61 Å². The number of hydrogen-bond donors (Lipinski definition) is 1. The summed E-state index contributed by atoms with van der Waals surface area (Å²) in [5.41, 5.74) is 2.09. The molecule has 0 spiro atoms. The van der Waals surface area contributed by atoms with Crippen LogP contribution in [0.15, 0.2) is 54.9 Å². The molecule has 7 nitrogen and oxygen atoms in total. The Kier molecular flexibility index (Phi) is 8.85. The molecular weight excluding hydrogens is 511 g/mol. The molecule has 3 rings (SSSR count). The molecule has 198 valence electrons. The molecule has 0 aliphatic carbocycles. The highest BCUT2D eigenvalue weighted by Crippen LogP contribution is 2.33. The minimum absolute atomic E-state index is 0.264. The smallest absolute Gasteiger partial charge is 0.480 e. The molecule has 0 fully saturated rings. The van der Waals surface area contributed by atoms with Crippen LogP contribution in [0.5, 0.6) is 11.5 Å². The zero-order valence-corrected chi connectivity index (χ0v) is 21.3. The standard InChI is InChI=1S/C26H27ClF3N3O4/c1-4-17-12-31-24(32-13-17)33(14-18-5-8-20(9-6-18)37-26(28,29)30)16-25(2,3)19-7-10-22(21(27)11-19)36-15-23(34)35/h5-13H,4,14-16H2,1-3H3,(H,34,35). The SMILES string of the molecule is CCc1cnc(N(Cc2ccc(OC(F)(F)F)cc2)CC(C)(C)c2ccc(OCC(=O)O)c(Cl)c2)nc1. The summed E-state index contributed by atoms with van der Waals surface area (Å²) in [7, 11) is 0. The Morgan fingerprint density at radius 3 is 2.24 bits per heavy atom. The Morgan fingerprint density at radius 1 is 1.05 bits per heavy atom. The van der Waals surface area contributed by atoms with Crippen LogP contribution in [0.4, 0.5) is 19.1 Å². The summed E-state index contributed by atoms with van der Waals surface area (Å²) in [4.78, 5) is 21.7. The number of alkyl halides is 3. The number of anilines is 1. The zero-order chi connectivity index (χ0) is 27.2. The van der Waals surface area contributed by atoms with Gasteiger partial charge in [0.25, 0.3) is 0 Å². The molecule has 1 N–H and O–H groups in total. The normalized spacial score (nSPS) is 11.8. The molecule has 1 aromatic heterocycles. The van der Waals surface area contributed by atoms with Gasteiger partial charge in [0.05, 0.1) is 5.02 Å². The fraction of sp³-hybridized carbons (Fsp3) is 0.346. The van der Waals surface area contributed by atoms with Crippen molar-refractivity contribution in [1.29, 1.82) is 0 Å². The molecule has 37 heavy (non-hydrogen) atoms. The van der Waals surface area contributed by atoms with Gasteiger partial charge in [-0.15, -0.1) is 13.2 Å². The summed E-state index contributed by atoms with van der Waals surface area (Å²) in [5, 5.41) is 9.11. The first-order chi connectivity index (χ1) is 17.4. The fourth-order valence-electron chi connectivity index (χ4n) is 3.65. The lowest BCUT2D eigenvalue weighted by Gasteiger charge is -2.33. The first kappa shape index (κ1) is 28.0. The molecule has 0 aliphatic heterocycles. The van der Waals surface area contributed by atoms with Crippen molar-refractivity contribution in [3.63, 3.8) is 0 Å². The molecule has 0 atom stereocenters. The van der Waals surface area contributed by atoms with E-state index in [0.29, 0.717) is 19.0 Å². The number of hydrogen-bond acceptors (Lipinski definition) is 6. The van der Waals surface area contributed by atoms with Gasteiger partial charge in [-0.1, -0.05) is 50.6 Å². The van der Waals surface area contributed by atoms with Crippen LogP contribution in [-0.2, 0) is 23.2 Å². The Morgan fingerprint density at radius 2 is 1.70 bits per heavy atom. The largest absolute Gasteiger partial charge is 0.573 e. The van der Waals surface area contributed by atoms with E-state index in [2.05, 4.69) is 14.7 Å². The molecule has 0 radical (unpaired) electrons. The summed E-state index contributed by atoms with van der Waals surface area (Å²) < 4.78 is 46.8. The summed E-state index contributed by atoms with van der Waals surface area (Å²) in [6, 6.07) is 10.8. The number of ether oxygens (including phenoxy) is 2. The van der Waals surface area contributed by atoms with E-state index in [-0.39, 0.29) is 16.5 Å². The molecule has 2 aromatic carbocycles. The van der Waals surface area contributed by atoms with E-state index >= 15 is 0 Å². The monoisotopic (exact) mass is 537 g/mol. The molecule has 0 aliphatic rings. The van der Waals surface area contributed by atoms with Gasteiger partial charge in [-0.05, 0) is 47.4 Å². The fourth-order valence-corrected chi connectivity index (χ4v) is 3.89. The number of carboxylic acids is 1. The predicted octanol–water partition coefficient (Wildman–Crippen LogP) is 6.04. The second kappa shape index (κ2) is 11.7. The molecule has 0 saturated heterocycles. The number of rotatable bonds is 11. The summed E-state index contributed by atoms with van der Waals surface area (Å²) >= 11 is 6.35. The van der Waals surface area contributed by atoms with Crippen LogP contribution in [0.25, 0.3) is 0 Å². The van der Waals surface area contributed by atoms with Gasteiger partial charge in [0.2, 0.25) is 5.95 Å². The Bertz CT molecular complexity index is 1200. The van der Waals surface area contributed by atoms with Crippen LogP contribution >= 0.6 is 11.6 Å². The van der Waals surface area contributed by atoms with E-state index in [1.807, 2.05) is 31.7 Å². The topological polar surface area (TPSA) is 84.8 Å². The average molecular weight is 538 g/mol. The zero-order valence-electron chi connectivity index (χ0n) is 20.6. The van der Waals surface area contributed by atoms with E-state index < -0.39 is 24.4 Å². The second-order valence-electron chi connectivity index (χ2n) is 9.00. The second-order valence-corrected chi connectivity index (χ2v) is 9.41. The average Bonchev–Trinajstić information content (AvgIpc) is 2.83. The van der Waals surface area contributed by atoms with Crippen LogP contribution in [0, 0.1) is 0 Å². The first-order valence-electron chi connectivity index (χ1n) is 11.4. The van der Waals surface area contributed by atoms with Crippen LogP contribution in [-0.4, -0.2) is 40.6 Å². The van der Waals surface area contributed by atoms with Crippen LogP contribution < -0.4 is 14.4 Å². The molecule has 1 heterocycles. The van der Waals surface area contributed by atoms with Gasteiger partial charge < -0.3 is 19.5 Å². The van der Waals surface area contributed by atoms with Crippen molar-refractivity contribution >= 4 is 23.5 Å². The summed E-state index contributed by atoms with van der Waals surface area (Å²) in [6.07, 6.45) is -0.495. The lowest BCUT2D eigenvalue weighted by atomic mass is 9.84. The van der Waals surface area contributed by atoms with Crippen molar-refractivity contribution in [3.05, 3.63) is 76.6 Å². The third-order valence-corrected chi connectivity index (χ3v) is 5.86. The predicted molar refractivity (Wildman–Crippen MR) is 133 cm³/mol. The number of aromatic nitrogens is 2. The van der Waals surface area contributed by atoms with Crippen molar-refractivity contribution in [3.8, 4) is 11.5 Å². The number of aryl methyl sites for hydroxylation is 1. The lowest BCUT2D eigenvalue weighted by Crippen LogP contribution is -2.37. The maximum atomic E-state index is 12.5. The van der Waals surface area contributed by atoms with Gasteiger partial charge in [-0.2, -0.15) is 0 Å². The Labute approximate surface area is 217 Å². The molecule has 11 heteroatoms. The maximum Gasteiger partial charge on any atom is 0.573 e. The first-order valence-corrected chi connectivity index (χ1v) is 11.8. The molecule has 0 unspecified atom stereocenters. The van der Waals surface area contributed by atoms with Crippen LogP contribution in [0.1, 0.15) is 37.5 Å². The molecule has 0 bridgehead atoms. The Balaban J connectivity index is 1.86. The van der Waals surface area contributed by atoms with E-state index in [1.165, 1.54) is 12.1 Å². The number of carboxylic acid groups (broad SMARTS) is 1. The Hall–Kier alpha value is -3.53. The minimum atomic E-state index is -4.76. The number of benzene rings is 2. The van der Waals surface area contributed by atoms with E-state index in [9.17, 15) is 18.0 Å². The molecule has 3 aromatic rings. The van der Waals surface area contributed by atoms with Gasteiger partial charge in [0.1, 0.15) is 11.5 Å². The highest BCUT2D eigenvalue weighted by molar-refractivity contribution is 6.32. The number of carbonyl (C=O) groups is 1. The molecular formula is C26H27ClF3N3O4. The van der Waals surface area contributed by atoms with Gasteiger partial charge in [-0.3, -0.25) is 0 Å². The highest BCUT2D eigenvalue weighted by atomic mass is 35.5. The van der Waals surface area contributed by atoms with E-state index in [0.717, 1.165) is 23.1 Å². The molecule has 0 amide bonds. The van der Waals surface area contributed by atoms with E-state index in [1.54, 1.807) is 36.7 Å². The quantitative estimate of drug-likeness (QED) is 0.319. The van der Waals surface area contributed by atoms with Gasteiger partial charge in [0, 0.05) is 30.9 Å². The number of aliphatic carboxylic acids is 1. The van der Waals surface area contributed by atoms with Crippen molar-refractivity contribution in [2.45, 2.75) is 45.5 Å². The van der Waals surface area contributed by atoms with Gasteiger partial charge >= 0.3 is 12.3 Å². The van der Waals surface area contributed by atoms with Crippen molar-refractivity contribution in [1.82, 2.24) is 9.97 Å². The van der Waals surface area contributed by atoms with Crippen LogP contribution in [0.2, 0.25) is 5.02 Å². The number of nitrogens with zero attached hydrogens (tertiary/aromatic N) is 3. The van der Waals surface area contributed by atoms with Crippen molar-refractivity contribution in [2.24, 2.45) is 0 Å². The highest BCUT2D eigenvalue weighted by Gasteiger charge is 2.31. The molecule has 0 saturated carbocycles. The minimum Gasteiger partial charge on any atom is -0.480 e.